The van der Waals surface area contributed by atoms with Crippen molar-refractivity contribution in [2.75, 3.05) is 6.54 Å². The molecule has 0 saturated heterocycles. The van der Waals surface area contributed by atoms with Crippen molar-refractivity contribution in [2.24, 2.45) is 12.8 Å². The molecule has 92 valence electrons. The highest BCUT2D eigenvalue weighted by Crippen LogP contribution is 2.36. The lowest BCUT2D eigenvalue weighted by molar-refractivity contribution is -0.136. The van der Waals surface area contributed by atoms with Crippen LogP contribution in [0.2, 0.25) is 0 Å². The van der Waals surface area contributed by atoms with E-state index in [0.29, 0.717) is 24.0 Å². The van der Waals surface area contributed by atoms with Gasteiger partial charge in [0.2, 0.25) is 0 Å². The van der Waals surface area contributed by atoms with E-state index in [1.54, 1.807) is 23.9 Å². The van der Waals surface area contributed by atoms with Crippen LogP contribution in [-0.2, 0) is 19.6 Å². The lowest BCUT2D eigenvalue weighted by Crippen LogP contribution is -2.07. The largest absolute Gasteiger partial charge is 0.417 e. The normalized spacial score (nSPS) is 12.3. The van der Waals surface area contributed by atoms with Crippen LogP contribution in [-0.4, -0.2) is 11.1 Å². The third kappa shape index (κ3) is 2.02. The molecule has 2 rings (SSSR count). The number of aryl methyl sites for hydroxylation is 1. The molecule has 0 saturated carbocycles. The van der Waals surface area contributed by atoms with E-state index in [1.165, 1.54) is 6.07 Å². The lowest BCUT2D eigenvalue weighted by atomic mass is 10.0. The first kappa shape index (κ1) is 12.0. The van der Waals surface area contributed by atoms with Gasteiger partial charge in [-0.25, -0.2) is 0 Å². The van der Waals surface area contributed by atoms with E-state index in [4.69, 9.17) is 5.73 Å². The molecule has 0 bridgehead atoms. The lowest BCUT2D eigenvalue weighted by Gasteiger charge is -2.09. The zero-order valence-corrected chi connectivity index (χ0v) is 9.38. The summed E-state index contributed by atoms with van der Waals surface area (Å²) >= 11 is 0. The van der Waals surface area contributed by atoms with E-state index in [2.05, 4.69) is 0 Å². The molecule has 0 aliphatic heterocycles. The van der Waals surface area contributed by atoms with E-state index >= 15 is 0 Å². The van der Waals surface area contributed by atoms with Gasteiger partial charge in [-0.15, -0.1) is 0 Å². The highest BCUT2D eigenvalue weighted by atomic mass is 19.4. The van der Waals surface area contributed by atoms with Gasteiger partial charge in [-0.3, -0.25) is 0 Å². The molecule has 5 heteroatoms. The number of nitrogens with zero attached hydrogens (tertiary/aromatic N) is 1. The molecule has 1 aromatic carbocycles. The second-order valence-corrected chi connectivity index (χ2v) is 4.00. The fourth-order valence-electron chi connectivity index (χ4n) is 2.12. The summed E-state index contributed by atoms with van der Waals surface area (Å²) in [6.45, 7) is 0.339. The molecule has 1 aromatic heterocycles. The molecule has 17 heavy (non-hydrogen) atoms. The molecule has 0 amide bonds. The van der Waals surface area contributed by atoms with Crippen LogP contribution in [0.4, 0.5) is 13.2 Å². The molecule has 0 fully saturated rings. The van der Waals surface area contributed by atoms with E-state index in [-0.39, 0.29) is 5.39 Å². The van der Waals surface area contributed by atoms with Crippen LogP contribution in [0.5, 0.6) is 0 Å². The molecule has 0 spiro atoms. The van der Waals surface area contributed by atoms with Crippen molar-refractivity contribution in [3.8, 4) is 0 Å². The fraction of sp³-hybridized carbons (Fsp3) is 0.333. The number of fused-ring (bicyclic) bond motifs is 1. The van der Waals surface area contributed by atoms with Gasteiger partial charge in [0.1, 0.15) is 0 Å². The Morgan fingerprint density at radius 3 is 2.59 bits per heavy atom. The molecular formula is C12H13F3N2. The molecule has 1 heterocycles. The number of alkyl halides is 3. The van der Waals surface area contributed by atoms with Gasteiger partial charge in [-0.2, -0.15) is 13.2 Å². The van der Waals surface area contributed by atoms with Crippen LogP contribution >= 0.6 is 0 Å². The summed E-state index contributed by atoms with van der Waals surface area (Å²) < 4.78 is 40.4. The Kier molecular flexibility index (Phi) is 2.87. The summed E-state index contributed by atoms with van der Waals surface area (Å²) in [5.74, 6) is 0. The zero-order valence-electron chi connectivity index (χ0n) is 9.38. The minimum atomic E-state index is -4.33. The molecular weight excluding hydrogens is 229 g/mol. The fourth-order valence-corrected chi connectivity index (χ4v) is 2.12. The van der Waals surface area contributed by atoms with Crippen molar-refractivity contribution in [2.45, 2.75) is 12.6 Å². The maximum absolute atomic E-state index is 12.9. The first-order valence-corrected chi connectivity index (χ1v) is 5.29. The van der Waals surface area contributed by atoms with Crippen molar-refractivity contribution in [3.63, 3.8) is 0 Å². The van der Waals surface area contributed by atoms with Gasteiger partial charge in [0.05, 0.1) is 5.56 Å². The van der Waals surface area contributed by atoms with Crippen molar-refractivity contribution in [1.29, 1.82) is 0 Å². The second-order valence-electron chi connectivity index (χ2n) is 4.00. The number of benzene rings is 1. The molecule has 0 aliphatic rings. The molecule has 0 radical (unpaired) electrons. The van der Waals surface area contributed by atoms with E-state index < -0.39 is 11.7 Å². The van der Waals surface area contributed by atoms with Gasteiger partial charge in [0.25, 0.3) is 0 Å². The summed E-state index contributed by atoms with van der Waals surface area (Å²) in [4.78, 5) is 0. The van der Waals surface area contributed by atoms with Gasteiger partial charge >= 0.3 is 6.18 Å². The van der Waals surface area contributed by atoms with Crippen LogP contribution in [0.1, 0.15) is 11.1 Å². The third-order valence-corrected chi connectivity index (χ3v) is 2.81. The van der Waals surface area contributed by atoms with Crippen molar-refractivity contribution in [3.05, 3.63) is 35.5 Å². The Hall–Kier alpha value is -1.49. The Labute approximate surface area is 96.8 Å². The third-order valence-electron chi connectivity index (χ3n) is 2.81. The van der Waals surface area contributed by atoms with Crippen LogP contribution in [0.25, 0.3) is 10.9 Å². The maximum atomic E-state index is 12.9. The summed E-state index contributed by atoms with van der Waals surface area (Å²) in [6, 6.07) is 4.23. The van der Waals surface area contributed by atoms with Gasteiger partial charge in [0.15, 0.2) is 0 Å². The Balaban J connectivity index is 2.76. The smallest absolute Gasteiger partial charge is 0.350 e. The highest BCUT2D eigenvalue weighted by Gasteiger charge is 2.33. The van der Waals surface area contributed by atoms with E-state index in [1.807, 2.05) is 0 Å². The minimum absolute atomic E-state index is 0.271. The van der Waals surface area contributed by atoms with Crippen LogP contribution in [0.15, 0.2) is 24.4 Å². The van der Waals surface area contributed by atoms with E-state index in [0.717, 1.165) is 6.07 Å². The number of hydrogen-bond acceptors (Lipinski definition) is 1. The van der Waals surface area contributed by atoms with Crippen molar-refractivity contribution < 1.29 is 13.2 Å². The van der Waals surface area contributed by atoms with Gasteiger partial charge in [0, 0.05) is 24.1 Å². The van der Waals surface area contributed by atoms with Crippen LogP contribution < -0.4 is 5.73 Å². The summed E-state index contributed by atoms with van der Waals surface area (Å²) in [7, 11) is 1.74. The topological polar surface area (TPSA) is 30.9 Å². The minimum Gasteiger partial charge on any atom is -0.350 e. The van der Waals surface area contributed by atoms with Crippen molar-refractivity contribution >= 4 is 10.9 Å². The number of halogens is 3. The maximum Gasteiger partial charge on any atom is 0.417 e. The average molecular weight is 242 g/mol. The Morgan fingerprint density at radius 2 is 2.00 bits per heavy atom. The number of rotatable bonds is 2. The molecule has 2 N–H and O–H groups in total. The van der Waals surface area contributed by atoms with Gasteiger partial charge in [-0.1, -0.05) is 6.07 Å². The molecule has 0 unspecified atom stereocenters. The number of aromatic nitrogens is 1. The SMILES string of the molecule is Cn1cc(CCN)c2c(C(F)(F)F)cccc21. The number of hydrogen-bond donors (Lipinski definition) is 1. The molecule has 0 atom stereocenters. The van der Waals surface area contributed by atoms with Gasteiger partial charge < -0.3 is 10.3 Å². The first-order chi connectivity index (χ1) is 7.95. The quantitative estimate of drug-likeness (QED) is 0.862. The van der Waals surface area contributed by atoms with E-state index in [9.17, 15) is 13.2 Å². The monoisotopic (exact) mass is 242 g/mol. The zero-order chi connectivity index (χ0) is 12.6. The average Bonchev–Trinajstić information content (AvgIpc) is 2.55. The highest BCUT2D eigenvalue weighted by molar-refractivity contribution is 5.87. The predicted molar refractivity (Wildman–Crippen MR) is 60.7 cm³/mol. The van der Waals surface area contributed by atoms with Crippen LogP contribution in [0, 0.1) is 0 Å². The molecule has 2 nitrogen and oxygen atoms in total. The molecule has 0 aliphatic carbocycles. The standard InChI is InChI=1S/C12H13F3N2/c1-17-7-8(5-6-16)11-9(12(13,14)15)3-2-4-10(11)17/h2-4,7H,5-6,16H2,1H3. The summed E-state index contributed by atoms with van der Waals surface area (Å²) in [5.41, 5.74) is 6.08. The number of nitrogens with two attached hydrogens (primary N) is 1. The Bertz CT molecular complexity index is 540. The predicted octanol–water partition coefficient (Wildman–Crippen LogP) is 2.70. The first-order valence-electron chi connectivity index (χ1n) is 5.29. The summed E-state index contributed by atoms with van der Waals surface area (Å²) in [5, 5.41) is 0.271. The second kappa shape index (κ2) is 4.07. The Morgan fingerprint density at radius 1 is 1.29 bits per heavy atom. The van der Waals surface area contributed by atoms with Crippen molar-refractivity contribution in [1.82, 2.24) is 4.57 Å². The summed E-state index contributed by atoms with van der Waals surface area (Å²) in [6.07, 6.45) is -2.17. The van der Waals surface area contributed by atoms with Crippen LogP contribution in [0.3, 0.4) is 0 Å². The van der Waals surface area contributed by atoms with Gasteiger partial charge in [-0.05, 0) is 30.7 Å². The molecule has 2 aromatic rings.